The molecule has 1 N–H and O–H groups in total. The van der Waals surface area contributed by atoms with Gasteiger partial charge in [-0.2, -0.15) is 0 Å². The van der Waals surface area contributed by atoms with Crippen LogP contribution in [0.3, 0.4) is 0 Å². The molecule has 4 aromatic heterocycles. The van der Waals surface area contributed by atoms with Crippen LogP contribution in [0.5, 0.6) is 5.75 Å². The first-order chi connectivity index (χ1) is 48.0. The Labute approximate surface area is 601 Å². The van der Waals surface area contributed by atoms with Gasteiger partial charge in [-0.25, -0.2) is 9.97 Å². The molecule has 0 atom stereocenters. The molecule has 469 valence electrons. The third-order valence-corrected chi connectivity index (χ3v) is 17.6. The van der Waals surface area contributed by atoms with Gasteiger partial charge in [0, 0.05) is 55.2 Å². The van der Waals surface area contributed by atoms with Crippen LogP contribution in [0.25, 0.3) is 149 Å². The number of fused-ring (bicyclic) bond motifs is 6. The topological polar surface area (TPSA) is 80.8 Å². The molecule has 14 aromatic carbocycles. The standard InChI is InChI=1S/C53H34N2.C18H14N.C11H8N.C9H7NO.Ir.Li/c1-2-16-44(17-3-1)55-50-21-11-10-20-49(50)54-53(55)38-26-22-37(23-27-38)41-30-31-47-48(34-41)52(43-29-25-36-13-5-7-15-40(36)33-43)46-19-9-8-18-45(46)51(47)42-28-24-35-12-4-6-14-39(35)32-42;1-14-10-11-16(18-9-5-6-12-19-18)13-17(14)15-7-3-2-4-8-15;1-2-6-10(7-3-1)11-8-4-5-9-12-11;11-8-5-1-3-7-4-2-6-10-9(7)8;;/h1-34H;2-10,12-13H,1H3;1-6,8-9H;1-6,11H;;/q;2*-1;;;+1. The number of pyridine rings is 3. The van der Waals surface area contributed by atoms with Crippen molar-refractivity contribution in [3.8, 4) is 89.8 Å². The number of H-pyrrole nitrogens is 1. The van der Waals surface area contributed by atoms with Gasteiger partial charge in [0.2, 0.25) is 5.52 Å². The van der Waals surface area contributed by atoms with E-state index in [1.54, 1.807) is 24.5 Å². The molecule has 8 heteroatoms. The van der Waals surface area contributed by atoms with Gasteiger partial charge >= 0.3 is 18.9 Å². The van der Waals surface area contributed by atoms with Gasteiger partial charge in [-0.15, -0.1) is 65.2 Å². The second-order valence-corrected chi connectivity index (χ2v) is 23.8. The van der Waals surface area contributed by atoms with Gasteiger partial charge in [-0.05, 0) is 166 Å². The zero-order chi connectivity index (χ0) is 65.3. The molecular weight excluding hydrogens is 1380 g/mol. The molecule has 0 aliphatic heterocycles. The van der Waals surface area contributed by atoms with Crippen molar-refractivity contribution < 1.29 is 49.1 Å². The number of rotatable bonds is 8. The van der Waals surface area contributed by atoms with Crippen molar-refractivity contribution in [1.29, 1.82) is 0 Å². The predicted molar refractivity (Wildman–Crippen MR) is 400 cm³/mol. The fourth-order valence-corrected chi connectivity index (χ4v) is 12.9. The van der Waals surface area contributed by atoms with Gasteiger partial charge in [-0.1, -0.05) is 243 Å². The number of nitrogens with one attached hydrogen (secondary N) is 1. The van der Waals surface area contributed by atoms with Crippen LogP contribution >= 0.6 is 0 Å². The Morgan fingerprint density at radius 2 is 0.919 bits per heavy atom. The summed E-state index contributed by atoms with van der Waals surface area (Å²) in [6, 6.07) is 124. The maximum atomic E-state index is 11.1. The molecule has 0 saturated carbocycles. The smallest absolute Gasteiger partial charge is 0.868 e. The second-order valence-electron chi connectivity index (χ2n) is 23.8. The molecule has 0 amide bonds. The first-order valence-electron chi connectivity index (χ1n) is 32.5. The summed E-state index contributed by atoms with van der Waals surface area (Å²) in [4.78, 5) is 16.6. The molecule has 6 nitrogen and oxygen atoms in total. The van der Waals surface area contributed by atoms with E-state index in [9.17, 15) is 5.11 Å². The Balaban J connectivity index is 0.000000161. The number of aromatic amines is 1. The quantitative estimate of drug-likeness (QED) is 0.0862. The number of benzene rings is 14. The van der Waals surface area contributed by atoms with Gasteiger partial charge in [0.1, 0.15) is 5.82 Å². The fourth-order valence-electron chi connectivity index (χ4n) is 12.9. The maximum Gasteiger partial charge on any atom is 1.00 e. The number of hydrogen-bond donors (Lipinski definition) is 0. The van der Waals surface area contributed by atoms with E-state index in [0.29, 0.717) is 5.52 Å². The molecule has 0 aliphatic rings. The van der Waals surface area contributed by atoms with Gasteiger partial charge in [0.05, 0.1) is 11.0 Å². The van der Waals surface area contributed by atoms with Crippen LogP contribution < -0.4 is 29.0 Å². The minimum absolute atomic E-state index is 0. The number of imidazole rings is 1. The van der Waals surface area contributed by atoms with Crippen molar-refractivity contribution in [1.82, 2.24) is 19.5 Å². The van der Waals surface area contributed by atoms with E-state index >= 15 is 0 Å². The van der Waals surface area contributed by atoms with E-state index in [-0.39, 0.29) is 44.7 Å². The van der Waals surface area contributed by atoms with E-state index < -0.39 is 0 Å². The van der Waals surface area contributed by atoms with Crippen LogP contribution in [0.2, 0.25) is 0 Å². The number of para-hydroxylation sites is 4. The molecule has 0 spiro atoms. The summed E-state index contributed by atoms with van der Waals surface area (Å²) in [7, 11) is 0. The van der Waals surface area contributed by atoms with E-state index in [2.05, 4.69) is 275 Å². The minimum Gasteiger partial charge on any atom is -0.868 e. The molecule has 0 aliphatic carbocycles. The summed E-state index contributed by atoms with van der Waals surface area (Å²) >= 11 is 0. The average Bonchev–Trinajstić information content (AvgIpc) is 1.05. The van der Waals surface area contributed by atoms with Gasteiger partial charge in [-0.3, -0.25) is 4.57 Å². The van der Waals surface area contributed by atoms with Crippen LogP contribution in [0.4, 0.5) is 0 Å². The average molecular weight is 1440 g/mol. The van der Waals surface area contributed by atoms with Crippen molar-refractivity contribution in [2.75, 3.05) is 0 Å². The van der Waals surface area contributed by atoms with E-state index in [1.807, 2.05) is 97.2 Å². The van der Waals surface area contributed by atoms with Crippen molar-refractivity contribution in [2.24, 2.45) is 0 Å². The van der Waals surface area contributed by atoms with Crippen LogP contribution in [-0.4, -0.2) is 19.5 Å². The number of aromatic nitrogens is 5. The largest absolute Gasteiger partial charge is 1.00 e. The van der Waals surface area contributed by atoms with Gasteiger partial charge in [0.15, 0.2) is 6.20 Å². The number of hydrogen-bond acceptors (Lipinski definition) is 4. The number of nitrogens with zero attached hydrogens (tertiary/aromatic N) is 4. The Bertz CT molecular complexity index is 5740. The molecule has 18 aromatic rings. The molecule has 1 radical (unpaired) electrons. The van der Waals surface area contributed by atoms with E-state index in [0.717, 1.165) is 61.6 Å². The van der Waals surface area contributed by atoms with E-state index in [4.69, 9.17) is 4.98 Å². The minimum atomic E-state index is 0. The zero-order valence-electron chi connectivity index (χ0n) is 54.6. The monoisotopic (exact) mass is 1440 g/mol. The third-order valence-electron chi connectivity index (χ3n) is 17.6. The Morgan fingerprint density at radius 3 is 1.57 bits per heavy atom. The normalized spacial score (nSPS) is 10.8. The van der Waals surface area contributed by atoms with Crippen LogP contribution in [0, 0.1) is 19.1 Å². The summed E-state index contributed by atoms with van der Waals surface area (Å²) in [5, 5.41) is 22.1. The SMILES string of the molecule is Cc1c[c-]c(-c2ccccn2)cc1-c1ccccc1.[Ir].[Li+].[O-]c1cccc2ccc[nH+]c12.[c-]1ccccc1-c1ccccn1.c1ccc(-n2c(-c3ccc(-c4ccc5c(-c6ccc7ccccc7c6)c6ccccc6c(-c6ccc7ccccc7c6)c5c4)cc3)nc3ccccc32)cc1. The Hall–Kier alpha value is -11.7. The summed E-state index contributed by atoms with van der Waals surface area (Å²) in [5.74, 6) is 0.977. The molecule has 18 rings (SSSR count). The molecule has 4 heterocycles. The fraction of sp³-hybridized carbons (Fsp3) is 0.0110. The van der Waals surface area contributed by atoms with E-state index in [1.165, 1.54) is 87.6 Å². The Kier molecular flexibility index (Phi) is 20.4. The molecule has 0 saturated heterocycles. The van der Waals surface area contributed by atoms with Crippen molar-refractivity contribution in [2.45, 2.75) is 6.92 Å². The van der Waals surface area contributed by atoms with Crippen molar-refractivity contribution in [3.63, 3.8) is 0 Å². The van der Waals surface area contributed by atoms with Crippen molar-refractivity contribution >= 4 is 65.0 Å². The summed E-state index contributed by atoms with van der Waals surface area (Å²) in [6.45, 7) is 2.11. The Morgan fingerprint density at radius 1 is 0.384 bits per heavy atom. The molecule has 0 unspecified atom stereocenters. The molecule has 99 heavy (non-hydrogen) atoms. The van der Waals surface area contributed by atoms with Gasteiger partial charge < -0.3 is 15.1 Å². The molecule has 0 bridgehead atoms. The summed E-state index contributed by atoms with van der Waals surface area (Å²) in [6.07, 6.45) is 5.35. The predicted octanol–water partition coefficient (Wildman–Crippen LogP) is 19.1. The van der Waals surface area contributed by atoms with Crippen LogP contribution in [0.1, 0.15) is 5.56 Å². The summed E-state index contributed by atoms with van der Waals surface area (Å²) < 4.78 is 2.26. The second kappa shape index (κ2) is 30.6. The molecule has 0 fully saturated rings. The zero-order valence-corrected chi connectivity index (χ0v) is 57.0. The van der Waals surface area contributed by atoms with Crippen molar-refractivity contribution in [3.05, 3.63) is 376 Å². The van der Waals surface area contributed by atoms with Crippen LogP contribution in [-0.2, 0) is 20.1 Å². The first-order valence-corrected chi connectivity index (χ1v) is 32.5. The van der Waals surface area contributed by atoms with Gasteiger partial charge in [0.25, 0.3) is 0 Å². The van der Waals surface area contributed by atoms with Crippen LogP contribution in [0.15, 0.2) is 358 Å². The number of aryl methyl sites for hydroxylation is 1. The third kappa shape index (κ3) is 14.3. The molecular formula is C91H63IrLiN5O-. The summed E-state index contributed by atoms with van der Waals surface area (Å²) in [5.41, 5.74) is 19.9. The maximum absolute atomic E-state index is 11.1. The first kappa shape index (κ1) is 66.0.